The Hall–Kier alpha value is -2.44. The van der Waals surface area contributed by atoms with Gasteiger partial charge in [0.15, 0.2) is 11.6 Å². The van der Waals surface area contributed by atoms with E-state index in [4.69, 9.17) is 0 Å². The van der Waals surface area contributed by atoms with Crippen molar-refractivity contribution in [3.8, 4) is 0 Å². The van der Waals surface area contributed by atoms with Crippen molar-refractivity contribution >= 4 is 11.6 Å². The molecule has 0 N–H and O–H groups in total. The van der Waals surface area contributed by atoms with Gasteiger partial charge in [-0.05, 0) is 61.6 Å². The third kappa shape index (κ3) is 3.33. The molecule has 2 nitrogen and oxygen atoms in total. The molecule has 2 aliphatic rings. The maximum Gasteiger partial charge on any atom is 0.189 e. The largest absolute Gasteiger partial charge is 0.295 e. The minimum Gasteiger partial charge on any atom is -0.295 e. The van der Waals surface area contributed by atoms with E-state index in [1.165, 1.54) is 0 Å². The maximum atomic E-state index is 12.8. The first kappa shape index (κ1) is 16.9. The molecule has 0 saturated carbocycles. The molecule has 0 aromatic carbocycles. The van der Waals surface area contributed by atoms with Crippen LogP contribution in [0.25, 0.3) is 0 Å². The summed E-state index contributed by atoms with van der Waals surface area (Å²) in [7, 11) is 0. The molecule has 23 heavy (non-hydrogen) atoms. The Labute approximate surface area is 138 Å². The highest BCUT2D eigenvalue weighted by molar-refractivity contribution is 6.14. The summed E-state index contributed by atoms with van der Waals surface area (Å²) in [6.07, 6.45) is 12.8. The van der Waals surface area contributed by atoms with E-state index >= 15 is 0 Å². The highest BCUT2D eigenvalue weighted by Crippen LogP contribution is 2.39. The molecule has 0 unspecified atom stereocenters. The lowest BCUT2D eigenvalue weighted by atomic mass is 9.76. The third-order valence-electron chi connectivity index (χ3n) is 4.11. The molecule has 0 aliphatic heterocycles. The normalized spacial score (nSPS) is 17.7. The van der Waals surface area contributed by atoms with Crippen molar-refractivity contribution in [2.24, 2.45) is 0 Å². The fourth-order valence-electron chi connectivity index (χ4n) is 2.79. The average Bonchev–Trinajstić information content (AvgIpc) is 2.54. The van der Waals surface area contributed by atoms with Crippen LogP contribution in [-0.2, 0) is 9.59 Å². The minimum absolute atomic E-state index is 0.0378. The van der Waals surface area contributed by atoms with E-state index in [9.17, 15) is 9.59 Å². The van der Waals surface area contributed by atoms with Gasteiger partial charge in [0, 0.05) is 17.6 Å². The molecule has 0 radical (unpaired) electrons. The second-order valence-corrected chi connectivity index (χ2v) is 5.68. The number of hydrogen-bond acceptors (Lipinski definition) is 2. The number of carbonyl (C=O) groups excluding carboxylic acids is 2. The van der Waals surface area contributed by atoms with Gasteiger partial charge < -0.3 is 0 Å². The van der Waals surface area contributed by atoms with Crippen LogP contribution in [0.1, 0.15) is 40.5 Å². The summed E-state index contributed by atoms with van der Waals surface area (Å²) in [6.45, 7) is 7.36. The monoisotopic (exact) mass is 306 g/mol. The smallest absolute Gasteiger partial charge is 0.189 e. The Morgan fingerprint density at radius 1 is 1.30 bits per heavy atom. The lowest BCUT2D eigenvalue weighted by molar-refractivity contribution is -0.114. The van der Waals surface area contributed by atoms with Crippen LogP contribution < -0.4 is 0 Å². The molecule has 2 aliphatic carbocycles. The number of ketones is 2. The summed E-state index contributed by atoms with van der Waals surface area (Å²) in [5.74, 6) is 0.0895. The summed E-state index contributed by atoms with van der Waals surface area (Å²) in [5.41, 5.74) is 8.11. The van der Waals surface area contributed by atoms with E-state index in [1.54, 1.807) is 6.92 Å². The molecule has 2 rings (SSSR count). The molecule has 2 heteroatoms. The molecular formula is C21H22O2. The summed E-state index contributed by atoms with van der Waals surface area (Å²) in [6, 6.07) is 0. The molecule has 118 valence electrons. The quantitative estimate of drug-likeness (QED) is 0.704. The van der Waals surface area contributed by atoms with E-state index in [-0.39, 0.29) is 11.6 Å². The van der Waals surface area contributed by atoms with E-state index in [2.05, 4.69) is 5.73 Å². The minimum atomic E-state index is 0.0378. The van der Waals surface area contributed by atoms with Crippen molar-refractivity contribution in [2.75, 3.05) is 0 Å². The van der Waals surface area contributed by atoms with E-state index in [1.807, 2.05) is 57.2 Å². The van der Waals surface area contributed by atoms with Gasteiger partial charge in [0.1, 0.15) is 0 Å². The maximum absolute atomic E-state index is 12.8. The third-order valence-corrected chi connectivity index (χ3v) is 4.11. The van der Waals surface area contributed by atoms with Gasteiger partial charge in [0.25, 0.3) is 0 Å². The van der Waals surface area contributed by atoms with Gasteiger partial charge in [-0.2, -0.15) is 0 Å². The zero-order valence-electron chi connectivity index (χ0n) is 14.2. The van der Waals surface area contributed by atoms with Crippen LogP contribution in [0.4, 0.5) is 0 Å². The number of fused-ring (bicyclic) bond motifs is 1. The van der Waals surface area contributed by atoms with Crippen molar-refractivity contribution < 1.29 is 9.59 Å². The summed E-state index contributed by atoms with van der Waals surface area (Å²) in [4.78, 5) is 24.5. The second kappa shape index (κ2) is 7.21. The van der Waals surface area contributed by atoms with Crippen LogP contribution in [0, 0.1) is 0 Å². The molecule has 0 amide bonds. The first-order valence-corrected chi connectivity index (χ1v) is 7.96. The summed E-state index contributed by atoms with van der Waals surface area (Å²) in [5, 5.41) is 0. The molecule has 0 aromatic rings. The van der Waals surface area contributed by atoms with Crippen molar-refractivity contribution in [1.29, 1.82) is 0 Å². The molecule has 0 aromatic heterocycles. The molecule has 0 atom stereocenters. The highest BCUT2D eigenvalue weighted by Gasteiger charge is 2.29. The predicted octanol–water partition coefficient (Wildman–Crippen LogP) is 4.73. The lowest BCUT2D eigenvalue weighted by Crippen LogP contribution is -2.18. The van der Waals surface area contributed by atoms with E-state index in [0.717, 1.165) is 34.3 Å². The zero-order chi connectivity index (χ0) is 17.0. The van der Waals surface area contributed by atoms with Crippen molar-refractivity contribution in [2.45, 2.75) is 40.5 Å². The Kier molecular flexibility index (Phi) is 5.31. The van der Waals surface area contributed by atoms with Gasteiger partial charge in [-0.3, -0.25) is 9.59 Å². The van der Waals surface area contributed by atoms with Crippen LogP contribution >= 0.6 is 0 Å². The van der Waals surface area contributed by atoms with E-state index < -0.39 is 0 Å². The predicted molar refractivity (Wildman–Crippen MR) is 94.0 cm³/mol. The molecule has 0 bridgehead atoms. The fourth-order valence-corrected chi connectivity index (χ4v) is 2.79. The van der Waals surface area contributed by atoms with Crippen LogP contribution in [0.5, 0.6) is 0 Å². The van der Waals surface area contributed by atoms with Gasteiger partial charge >= 0.3 is 0 Å². The van der Waals surface area contributed by atoms with Crippen molar-refractivity contribution in [1.82, 2.24) is 0 Å². The highest BCUT2D eigenvalue weighted by atomic mass is 16.1. The standard InChI is InChI=1S/C21H22O2/c1-5-7-9-17-14(3)21(23)19(10-8-6-2)20-13-16(15(4)22)11-12-18(17)20/h5,8-12H,6,13H2,1-4H3/b10-8-. The van der Waals surface area contributed by atoms with Crippen LogP contribution in [0.15, 0.2) is 75.6 Å². The van der Waals surface area contributed by atoms with Crippen LogP contribution in [0.2, 0.25) is 0 Å². The SMILES string of the molecule is CC=C=CC1=C(C)C(=O)C(/C=C\CC)=C2CC(C(C)=O)=CC=C12. The zero-order valence-corrected chi connectivity index (χ0v) is 14.2. The van der Waals surface area contributed by atoms with E-state index in [0.29, 0.717) is 12.0 Å². The number of allylic oxidation sites excluding steroid dienone is 11. The Bertz CT molecular complexity index is 771. The molecule has 0 saturated heterocycles. The van der Waals surface area contributed by atoms with Crippen molar-refractivity contribution in [3.63, 3.8) is 0 Å². The molecule has 0 fully saturated rings. The Morgan fingerprint density at radius 3 is 2.65 bits per heavy atom. The lowest BCUT2D eigenvalue weighted by Gasteiger charge is -2.26. The molecular weight excluding hydrogens is 284 g/mol. The molecule has 0 heterocycles. The van der Waals surface area contributed by atoms with Gasteiger partial charge in [0.05, 0.1) is 0 Å². The van der Waals surface area contributed by atoms with Gasteiger partial charge in [-0.25, -0.2) is 0 Å². The fraction of sp³-hybridized carbons (Fsp3) is 0.286. The number of hydrogen-bond donors (Lipinski definition) is 0. The Balaban J connectivity index is 2.69. The summed E-state index contributed by atoms with van der Waals surface area (Å²) < 4.78 is 0. The number of Topliss-reactive ketones (excluding diaryl/α,β-unsaturated/α-hetero) is 2. The first-order chi connectivity index (χ1) is 11.0. The number of carbonyl (C=O) groups is 2. The van der Waals surface area contributed by atoms with Crippen LogP contribution in [0.3, 0.4) is 0 Å². The van der Waals surface area contributed by atoms with Gasteiger partial charge in [0.2, 0.25) is 0 Å². The topological polar surface area (TPSA) is 34.1 Å². The van der Waals surface area contributed by atoms with Gasteiger partial charge in [-0.1, -0.05) is 31.2 Å². The Morgan fingerprint density at radius 2 is 2.04 bits per heavy atom. The number of rotatable bonds is 4. The summed E-state index contributed by atoms with van der Waals surface area (Å²) >= 11 is 0. The first-order valence-electron chi connectivity index (χ1n) is 7.96. The molecule has 0 spiro atoms. The average molecular weight is 306 g/mol. The second-order valence-electron chi connectivity index (χ2n) is 5.68. The van der Waals surface area contributed by atoms with Crippen LogP contribution in [-0.4, -0.2) is 11.6 Å². The van der Waals surface area contributed by atoms with Gasteiger partial charge in [-0.15, -0.1) is 5.73 Å². The van der Waals surface area contributed by atoms with Crippen molar-refractivity contribution in [3.05, 3.63) is 75.6 Å².